The number of hydrogen-bond acceptors (Lipinski definition) is 2. The zero-order chi connectivity index (χ0) is 9.10. The molecule has 1 saturated heterocycles. The van der Waals surface area contributed by atoms with E-state index in [9.17, 15) is 0 Å². The molecule has 0 amide bonds. The van der Waals surface area contributed by atoms with E-state index in [1.165, 1.54) is 24.8 Å². The summed E-state index contributed by atoms with van der Waals surface area (Å²) >= 11 is 3.48. The Hall–Kier alpha value is -0.410. The van der Waals surface area contributed by atoms with Crippen LogP contribution in [-0.4, -0.2) is 11.5 Å². The molecular weight excluding hydrogens is 228 g/mol. The first-order valence-corrected chi connectivity index (χ1v) is 5.51. The highest BCUT2D eigenvalue weighted by Gasteiger charge is 2.16. The second kappa shape index (κ2) is 4.20. The first kappa shape index (κ1) is 9.16. The van der Waals surface area contributed by atoms with Gasteiger partial charge in [-0.2, -0.15) is 0 Å². The molecule has 0 radical (unpaired) electrons. The number of nitrogens with one attached hydrogen (secondary N) is 1. The Labute approximate surface area is 86.9 Å². The Morgan fingerprint density at radius 3 is 3.08 bits per heavy atom. The average Bonchev–Trinajstić information content (AvgIpc) is 2.20. The van der Waals surface area contributed by atoms with Crippen LogP contribution in [0.5, 0.6) is 0 Å². The molecule has 1 atom stereocenters. The molecule has 1 aromatic heterocycles. The minimum absolute atomic E-state index is 0.497. The van der Waals surface area contributed by atoms with Gasteiger partial charge in [-0.05, 0) is 41.4 Å². The topological polar surface area (TPSA) is 24.9 Å². The number of hydrogen-bond donors (Lipinski definition) is 1. The van der Waals surface area contributed by atoms with Gasteiger partial charge >= 0.3 is 0 Å². The largest absolute Gasteiger partial charge is 0.310 e. The first-order valence-electron chi connectivity index (χ1n) is 4.72. The maximum absolute atomic E-state index is 4.23. The Morgan fingerprint density at radius 2 is 2.38 bits per heavy atom. The van der Waals surface area contributed by atoms with Crippen LogP contribution in [0, 0.1) is 0 Å². The quantitative estimate of drug-likeness (QED) is 0.764. The van der Waals surface area contributed by atoms with Gasteiger partial charge in [0, 0.05) is 17.8 Å². The van der Waals surface area contributed by atoms with Gasteiger partial charge in [-0.1, -0.05) is 12.5 Å². The number of nitrogens with zero attached hydrogens (tertiary/aromatic N) is 1. The Bertz CT molecular complexity index is 282. The van der Waals surface area contributed by atoms with Crippen molar-refractivity contribution < 1.29 is 0 Å². The zero-order valence-electron chi connectivity index (χ0n) is 7.46. The Balaban J connectivity index is 2.18. The standard InChI is InChI=1S/C10H13BrN2/c11-10-8(4-3-7-13-10)9-5-1-2-6-12-9/h3-4,7,9,12H,1-2,5-6H2/t9-/m1/s1. The lowest BCUT2D eigenvalue weighted by Gasteiger charge is -2.24. The van der Waals surface area contributed by atoms with Gasteiger partial charge in [-0.25, -0.2) is 4.98 Å². The van der Waals surface area contributed by atoms with Crippen LogP contribution in [0.25, 0.3) is 0 Å². The van der Waals surface area contributed by atoms with Crippen LogP contribution in [0.1, 0.15) is 30.9 Å². The molecule has 2 nitrogen and oxygen atoms in total. The maximum atomic E-state index is 4.23. The third-order valence-corrected chi connectivity index (χ3v) is 3.14. The fraction of sp³-hybridized carbons (Fsp3) is 0.500. The van der Waals surface area contributed by atoms with Crippen LogP contribution in [0.4, 0.5) is 0 Å². The van der Waals surface area contributed by atoms with Crippen molar-refractivity contribution in [1.82, 2.24) is 10.3 Å². The van der Waals surface area contributed by atoms with E-state index in [1.54, 1.807) is 0 Å². The van der Waals surface area contributed by atoms with Gasteiger partial charge in [-0.15, -0.1) is 0 Å². The van der Waals surface area contributed by atoms with E-state index in [-0.39, 0.29) is 0 Å². The van der Waals surface area contributed by atoms with Gasteiger partial charge in [0.2, 0.25) is 0 Å². The highest BCUT2D eigenvalue weighted by molar-refractivity contribution is 9.10. The minimum Gasteiger partial charge on any atom is -0.310 e. The molecule has 2 rings (SSSR count). The van der Waals surface area contributed by atoms with Crippen molar-refractivity contribution in [3.63, 3.8) is 0 Å². The maximum Gasteiger partial charge on any atom is 0.110 e. The summed E-state index contributed by atoms with van der Waals surface area (Å²) in [6, 6.07) is 4.63. The van der Waals surface area contributed by atoms with Crippen molar-refractivity contribution in [2.24, 2.45) is 0 Å². The summed E-state index contributed by atoms with van der Waals surface area (Å²) in [4.78, 5) is 4.23. The van der Waals surface area contributed by atoms with E-state index in [0.29, 0.717) is 6.04 Å². The average molecular weight is 241 g/mol. The molecule has 1 aromatic rings. The number of pyridine rings is 1. The summed E-state index contributed by atoms with van der Waals surface area (Å²) in [6.45, 7) is 1.13. The summed E-state index contributed by atoms with van der Waals surface area (Å²) in [7, 11) is 0. The van der Waals surface area contributed by atoms with Crippen molar-refractivity contribution in [2.75, 3.05) is 6.54 Å². The molecule has 0 unspecified atom stereocenters. The van der Waals surface area contributed by atoms with E-state index in [4.69, 9.17) is 0 Å². The highest BCUT2D eigenvalue weighted by atomic mass is 79.9. The Kier molecular flexibility index (Phi) is 2.96. The summed E-state index contributed by atoms with van der Waals surface area (Å²) in [5.41, 5.74) is 1.29. The smallest absolute Gasteiger partial charge is 0.110 e. The van der Waals surface area contributed by atoms with Gasteiger partial charge in [0.25, 0.3) is 0 Å². The zero-order valence-corrected chi connectivity index (χ0v) is 9.05. The van der Waals surface area contributed by atoms with Gasteiger partial charge in [0.05, 0.1) is 0 Å². The molecule has 0 aromatic carbocycles. The molecule has 2 heterocycles. The van der Waals surface area contributed by atoms with Crippen LogP contribution in [0.2, 0.25) is 0 Å². The SMILES string of the molecule is Brc1ncccc1[C@H]1CCCCN1. The normalized spacial score (nSPS) is 23.0. The summed E-state index contributed by atoms with van der Waals surface area (Å²) in [5, 5.41) is 3.51. The molecule has 0 aliphatic carbocycles. The van der Waals surface area contributed by atoms with Crippen molar-refractivity contribution in [3.8, 4) is 0 Å². The van der Waals surface area contributed by atoms with E-state index >= 15 is 0 Å². The van der Waals surface area contributed by atoms with Crippen molar-refractivity contribution in [3.05, 3.63) is 28.5 Å². The molecule has 70 valence electrons. The van der Waals surface area contributed by atoms with Crippen molar-refractivity contribution in [1.29, 1.82) is 0 Å². The molecule has 1 fully saturated rings. The molecular formula is C10H13BrN2. The molecule has 13 heavy (non-hydrogen) atoms. The third-order valence-electron chi connectivity index (χ3n) is 2.47. The second-order valence-corrected chi connectivity index (χ2v) is 4.14. The molecule has 0 saturated carbocycles. The molecule has 1 aliphatic heterocycles. The third kappa shape index (κ3) is 2.09. The van der Waals surface area contributed by atoms with Crippen molar-refractivity contribution in [2.45, 2.75) is 25.3 Å². The van der Waals surface area contributed by atoms with Gasteiger partial charge in [-0.3, -0.25) is 0 Å². The van der Waals surface area contributed by atoms with E-state index in [1.807, 2.05) is 12.3 Å². The molecule has 1 N–H and O–H groups in total. The molecule has 0 bridgehead atoms. The van der Waals surface area contributed by atoms with Crippen LogP contribution < -0.4 is 5.32 Å². The van der Waals surface area contributed by atoms with E-state index in [2.05, 4.69) is 32.3 Å². The minimum atomic E-state index is 0.497. The van der Waals surface area contributed by atoms with Gasteiger partial charge in [0.15, 0.2) is 0 Å². The lowest BCUT2D eigenvalue weighted by molar-refractivity contribution is 0.410. The lowest BCUT2D eigenvalue weighted by Crippen LogP contribution is -2.27. The number of piperidine rings is 1. The van der Waals surface area contributed by atoms with E-state index < -0.39 is 0 Å². The monoisotopic (exact) mass is 240 g/mol. The summed E-state index contributed by atoms with van der Waals surface area (Å²) in [5.74, 6) is 0. The first-order chi connectivity index (χ1) is 6.38. The van der Waals surface area contributed by atoms with Crippen LogP contribution in [0.3, 0.4) is 0 Å². The predicted octanol–water partition coefficient (Wildman–Crippen LogP) is 2.66. The Morgan fingerprint density at radius 1 is 1.46 bits per heavy atom. The fourth-order valence-corrected chi connectivity index (χ4v) is 2.30. The summed E-state index contributed by atoms with van der Waals surface area (Å²) in [6.07, 6.45) is 5.66. The molecule has 0 spiro atoms. The number of rotatable bonds is 1. The number of halogens is 1. The lowest BCUT2D eigenvalue weighted by atomic mass is 9.99. The van der Waals surface area contributed by atoms with Gasteiger partial charge in [0.1, 0.15) is 4.60 Å². The van der Waals surface area contributed by atoms with E-state index in [0.717, 1.165) is 11.1 Å². The second-order valence-electron chi connectivity index (χ2n) is 3.39. The highest BCUT2D eigenvalue weighted by Crippen LogP contribution is 2.27. The van der Waals surface area contributed by atoms with Crippen LogP contribution in [0.15, 0.2) is 22.9 Å². The van der Waals surface area contributed by atoms with Crippen molar-refractivity contribution >= 4 is 15.9 Å². The summed E-state index contributed by atoms with van der Waals surface area (Å²) < 4.78 is 0.981. The van der Waals surface area contributed by atoms with Crippen LogP contribution >= 0.6 is 15.9 Å². The van der Waals surface area contributed by atoms with Gasteiger partial charge < -0.3 is 5.32 Å². The molecule has 3 heteroatoms. The fourth-order valence-electron chi connectivity index (χ4n) is 1.78. The predicted molar refractivity (Wildman–Crippen MR) is 56.5 cm³/mol. The molecule has 1 aliphatic rings. The number of aromatic nitrogens is 1. The van der Waals surface area contributed by atoms with Crippen LogP contribution in [-0.2, 0) is 0 Å².